The van der Waals surface area contributed by atoms with Gasteiger partial charge < -0.3 is 9.80 Å². The molecule has 2 nitrogen and oxygen atoms in total. The summed E-state index contributed by atoms with van der Waals surface area (Å²) in [6.07, 6.45) is 0. The van der Waals surface area contributed by atoms with Gasteiger partial charge in [0.2, 0.25) is 0 Å². The molecule has 0 fully saturated rings. The molecule has 10 heteroatoms. The van der Waals surface area contributed by atoms with E-state index in [0.29, 0.717) is 33.9 Å². The minimum Gasteiger partial charge on any atom is -0.307 e. The van der Waals surface area contributed by atoms with E-state index in [1.165, 1.54) is 34.6 Å². The van der Waals surface area contributed by atoms with Crippen molar-refractivity contribution in [3.05, 3.63) is 193 Å². The molecule has 0 unspecified atom stereocenters. The molecule has 0 atom stereocenters. The molecule has 0 radical (unpaired) electrons. The monoisotopic (exact) mass is 1050 g/mol. The SMILES string of the molecule is C[Si](C)(C)c1ccc(N(c2cc(F)c(-c3ccccc3[Si](C)(C)C)cc2F)c2ccc3ccc4c(N(c5ccc([Si](C)(C)C)cc5)c5cc(F)c(-c6ccccc6[Si](C)(C)C)cc5F)ccc5ccc2c3c54)cc1. The molecule has 0 bridgehead atoms. The van der Waals surface area contributed by atoms with Crippen molar-refractivity contribution in [2.45, 2.75) is 78.6 Å². The van der Waals surface area contributed by atoms with E-state index in [4.69, 9.17) is 0 Å². The van der Waals surface area contributed by atoms with Crippen LogP contribution in [0.1, 0.15) is 0 Å². The quantitative estimate of drug-likeness (QED) is 0.0683. The zero-order valence-corrected chi connectivity index (χ0v) is 48.6. The van der Waals surface area contributed by atoms with E-state index in [2.05, 4.69) is 127 Å². The fraction of sp³-hybridized carbons (Fsp3) is 0.188. The molecule has 0 aromatic heterocycles. The lowest BCUT2D eigenvalue weighted by atomic mass is 9.91. The molecular weight excluding hydrogens is 985 g/mol. The minimum absolute atomic E-state index is 0.0922. The fourth-order valence-electron chi connectivity index (χ4n) is 10.8. The molecule has 0 heterocycles. The Kier molecular flexibility index (Phi) is 12.8. The Morgan fingerprint density at radius 3 is 0.973 bits per heavy atom. The van der Waals surface area contributed by atoms with Gasteiger partial charge in [-0.05, 0) is 81.2 Å². The first kappa shape index (κ1) is 50.9. The average molecular weight is 1050 g/mol. The maximum atomic E-state index is 17.4. The lowest BCUT2D eigenvalue weighted by Crippen LogP contribution is -2.39. The normalized spacial score (nSPS) is 12.6. The van der Waals surface area contributed by atoms with Crippen LogP contribution < -0.4 is 30.5 Å². The Morgan fingerprint density at radius 1 is 0.297 bits per heavy atom. The molecule has 10 aromatic rings. The van der Waals surface area contributed by atoms with Gasteiger partial charge in [0.05, 0.1) is 55.0 Å². The summed E-state index contributed by atoms with van der Waals surface area (Å²) in [5, 5.41) is 10.0. The average Bonchev–Trinajstić information content (AvgIpc) is 3.35. The predicted octanol–water partition coefficient (Wildman–Crippen LogP) is 17.6. The van der Waals surface area contributed by atoms with Crippen LogP contribution in [0.25, 0.3) is 54.6 Å². The molecule has 0 saturated heterocycles. The predicted molar refractivity (Wildman–Crippen MR) is 322 cm³/mol. The third-order valence-electron chi connectivity index (χ3n) is 14.7. The van der Waals surface area contributed by atoms with Crippen LogP contribution in [0.15, 0.2) is 170 Å². The van der Waals surface area contributed by atoms with Gasteiger partial charge in [-0.3, -0.25) is 0 Å². The summed E-state index contributed by atoms with van der Waals surface area (Å²) in [5.41, 5.74) is 4.82. The highest BCUT2D eigenvalue weighted by molar-refractivity contribution is 6.90. The molecule has 0 aliphatic carbocycles. The van der Waals surface area contributed by atoms with Crippen molar-refractivity contribution in [1.82, 2.24) is 0 Å². The summed E-state index contributed by atoms with van der Waals surface area (Å²) >= 11 is 0. The Balaban J connectivity index is 1.20. The van der Waals surface area contributed by atoms with Crippen molar-refractivity contribution in [3.8, 4) is 22.3 Å². The van der Waals surface area contributed by atoms with E-state index in [0.717, 1.165) is 42.7 Å². The van der Waals surface area contributed by atoms with Crippen LogP contribution >= 0.6 is 0 Å². The summed E-state index contributed by atoms with van der Waals surface area (Å²) in [5.74, 6) is -2.11. The molecule has 0 saturated carbocycles. The topological polar surface area (TPSA) is 6.48 Å². The van der Waals surface area contributed by atoms with Gasteiger partial charge in [-0.15, -0.1) is 0 Å². The van der Waals surface area contributed by atoms with Crippen LogP contribution in [-0.4, -0.2) is 32.3 Å². The third kappa shape index (κ3) is 9.24. The van der Waals surface area contributed by atoms with Crippen molar-refractivity contribution in [1.29, 1.82) is 0 Å². The lowest BCUT2D eigenvalue weighted by Gasteiger charge is -2.30. The highest BCUT2D eigenvalue weighted by Gasteiger charge is 2.30. The molecular formula is C64H64F4N2Si4. The Labute approximate surface area is 438 Å². The zero-order chi connectivity index (χ0) is 52.8. The molecule has 0 aliphatic heterocycles. The van der Waals surface area contributed by atoms with Crippen LogP contribution in [0.3, 0.4) is 0 Å². The first-order valence-corrected chi connectivity index (χ1v) is 39.6. The van der Waals surface area contributed by atoms with Crippen LogP contribution in [0.5, 0.6) is 0 Å². The van der Waals surface area contributed by atoms with E-state index in [1.54, 1.807) is 0 Å². The van der Waals surface area contributed by atoms with Crippen molar-refractivity contribution in [3.63, 3.8) is 0 Å². The molecule has 10 aromatic carbocycles. The molecule has 0 aliphatic rings. The van der Waals surface area contributed by atoms with Gasteiger partial charge in [0.15, 0.2) is 0 Å². The molecule has 0 N–H and O–H groups in total. The van der Waals surface area contributed by atoms with Crippen molar-refractivity contribution >= 4 is 119 Å². The Bertz CT molecular complexity index is 3520. The van der Waals surface area contributed by atoms with E-state index < -0.39 is 55.6 Å². The smallest absolute Gasteiger partial charge is 0.148 e. The van der Waals surface area contributed by atoms with E-state index in [1.807, 2.05) is 107 Å². The van der Waals surface area contributed by atoms with Gasteiger partial charge in [0.1, 0.15) is 23.3 Å². The first-order valence-electron chi connectivity index (χ1n) is 25.6. The number of rotatable bonds is 12. The van der Waals surface area contributed by atoms with Gasteiger partial charge in [-0.2, -0.15) is 0 Å². The summed E-state index contributed by atoms with van der Waals surface area (Å²) in [4.78, 5) is 3.69. The standard InChI is InChI=1S/C64H64F4N2Si4/c1-71(2,3)45-29-25-43(26-30-45)69(59-39-53(65)51(37-55(59)67)47-17-13-15-19-61(47)73(7,8)9)57-35-23-41-22-34-50-58(36-24-42-21-33-49(57)63(41)64(42)50)70(44-27-31-46(32-28-44)72(4,5)6)60-40-54(66)52(38-56(60)68)48-18-14-16-20-62(48)74(10,11)12/h13-40H,1-12H3. The number of anilines is 6. The first-order chi connectivity index (χ1) is 34.9. The summed E-state index contributed by atoms with van der Waals surface area (Å²) in [6.45, 7) is 27.0. The number of hydrogen-bond acceptors (Lipinski definition) is 2. The van der Waals surface area contributed by atoms with Crippen molar-refractivity contribution in [2.75, 3.05) is 9.80 Å². The van der Waals surface area contributed by atoms with E-state index in [-0.39, 0.29) is 22.5 Å². The summed E-state index contributed by atoms with van der Waals surface area (Å²) in [7, 11) is -7.35. The summed E-state index contributed by atoms with van der Waals surface area (Å²) in [6, 6.07) is 53.9. The van der Waals surface area contributed by atoms with Gasteiger partial charge in [-0.25, -0.2) is 17.6 Å². The van der Waals surface area contributed by atoms with Crippen LogP contribution in [0.4, 0.5) is 51.7 Å². The minimum atomic E-state index is -1.95. The number of hydrogen-bond donors (Lipinski definition) is 0. The van der Waals surface area contributed by atoms with Crippen molar-refractivity contribution < 1.29 is 17.6 Å². The second kappa shape index (κ2) is 18.7. The van der Waals surface area contributed by atoms with E-state index >= 15 is 17.6 Å². The molecule has 74 heavy (non-hydrogen) atoms. The maximum Gasteiger partial charge on any atom is 0.148 e. The molecule has 0 amide bonds. The van der Waals surface area contributed by atoms with Gasteiger partial charge in [-0.1, -0.05) is 209 Å². The van der Waals surface area contributed by atoms with Crippen LogP contribution in [0, 0.1) is 23.3 Å². The Morgan fingerprint density at radius 2 is 0.635 bits per heavy atom. The summed E-state index contributed by atoms with van der Waals surface area (Å²) < 4.78 is 68.8. The molecule has 0 spiro atoms. The zero-order valence-electron chi connectivity index (χ0n) is 44.6. The Hall–Kier alpha value is -6.57. The molecule has 10 rings (SSSR count). The second-order valence-corrected chi connectivity index (χ2v) is 44.2. The maximum absolute atomic E-state index is 17.4. The van der Waals surface area contributed by atoms with Gasteiger partial charge >= 0.3 is 0 Å². The number of benzene rings is 10. The molecule has 374 valence electrons. The van der Waals surface area contributed by atoms with Crippen LogP contribution in [0.2, 0.25) is 78.6 Å². The third-order valence-corrected chi connectivity index (χ3v) is 22.9. The van der Waals surface area contributed by atoms with Crippen LogP contribution in [-0.2, 0) is 0 Å². The number of halogens is 4. The highest BCUT2D eigenvalue weighted by Crippen LogP contribution is 2.49. The fourth-order valence-corrected chi connectivity index (χ4v) is 16.3. The number of nitrogens with zero attached hydrogens (tertiary/aromatic N) is 2. The lowest BCUT2D eigenvalue weighted by molar-refractivity contribution is 0.604. The highest BCUT2D eigenvalue weighted by atomic mass is 28.3. The van der Waals surface area contributed by atoms with Gasteiger partial charge in [0, 0.05) is 45.4 Å². The second-order valence-electron chi connectivity index (χ2n) is 24.0. The largest absolute Gasteiger partial charge is 0.307 e. The van der Waals surface area contributed by atoms with Gasteiger partial charge in [0.25, 0.3) is 0 Å². The van der Waals surface area contributed by atoms with E-state index in [9.17, 15) is 0 Å². The van der Waals surface area contributed by atoms with Crippen molar-refractivity contribution in [2.24, 2.45) is 0 Å².